The number of rotatable bonds is 5. The summed E-state index contributed by atoms with van der Waals surface area (Å²) in [5.74, 6) is 1.14. The number of aryl methyl sites for hydroxylation is 1. The average Bonchev–Trinajstić information content (AvgIpc) is 2.99. The van der Waals surface area contributed by atoms with Gasteiger partial charge in [0.15, 0.2) is 0 Å². The largest absolute Gasteiger partial charge is 0.385 e. The maximum atomic E-state index is 5.24. The lowest BCUT2D eigenvalue weighted by atomic mass is 10.2. The third-order valence-electron chi connectivity index (χ3n) is 3.08. The number of pyridine rings is 1. The molecule has 3 aromatic rings. The maximum Gasteiger partial charge on any atom is 0.228 e. The number of hydrogen-bond donors (Lipinski definition) is 1. The predicted octanol–water partition coefficient (Wildman–Crippen LogP) is 3.09. The third-order valence-corrected chi connectivity index (χ3v) is 3.08. The third kappa shape index (κ3) is 3.45. The zero-order valence-electron chi connectivity index (χ0n) is 11.8. The van der Waals surface area contributed by atoms with Gasteiger partial charge < -0.3 is 9.84 Å². The second-order valence-electron chi connectivity index (χ2n) is 4.77. The minimum absolute atomic E-state index is 0.529. The second-order valence-corrected chi connectivity index (χ2v) is 4.77. The molecule has 0 aliphatic rings. The number of aromatic nitrogens is 3. The van der Waals surface area contributed by atoms with Crippen LogP contribution in [0.5, 0.6) is 0 Å². The fourth-order valence-electron chi connectivity index (χ4n) is 1.94. The van der Waals surface area contributed by atoms with Crippen LogP contribution in [0.15, 0.2) is 53.2 Å². The van der Waals surface area contributed by atoms with E-state index in [4.69, 9.17) is 4.52 Å². The summed E-state index contributed by atoms with van der Waals surface area (Å²) in [6, 6.07) is 13.9. The van der Waals surface area contributed by atoms with Crippen LogP contribution in [-0.2, 0) is 6.42 Å². The molecule has 5 nitrogen and oxygen atoms in total. The standard InChI is InChI=1S/C16H16N4O/c1-12-5-7-13(8-6-12)17-11-9-15-19-16(20-21-15)14-4-2-3-10-18-14/h2-8,10,17H,9,11H2,1H3. The number of benzene rings is 1. The summed E-state index contributed by atoms with van der Waals surface area (Å²) in [4.78, 5) is 8.54. The molecular formula is C16H16N4O. The quantitative estimate of drug-likeness (QED) is 0.778. The average molecular weight is 280 g/mol. The van der Waals surface area contributed by atoms with Crippen molar-refractivity contribution >= 4 is 5.69 Å². The first-order chi connectivity index (χ1) is 10.3. The summed E-state index contributed by atoms with van der Waals surface area (Å²) < 4.78 is 5.24. The molecule has 0 fully saturated rings. The van der Waals surface area contributed by atoms with E-state index in [0.29, 0.717) is 18.1 Å². The molecule has 5 heteroatoms. The maximum absolute atomic E-state index is 5.24. The van der Waals surface area contributed by atoms with Gasteiger partial charge in [0.05, 0.1) is 0 Å². The highest BCUT2D eigenvalue weighted by Gasteiger charge is 2.08. The normalized spacial score (nSPS) is 10.5. The lowest BCUT2D eigenvalue weighted by Crippen LogP contribution is -2.04. The van der Waals surface area contributed by atoms with Crippen LogP contribution in [0.1, 0.15) is 11.5 Å². The number of nitrogens with one attached hydrogen (secondary N) is 1. The SMILES string of the molecule is Cc1ccc(NCCc2nc(-c3ccccn3)no2)cc1. The fourth-order valence-corrected chi connectivity index (χ4v) is 1.94. The second kappa shape index (κ2) is 6.17. The van der Waals surface area contributed by atoms with E-state index in [2.05, 4.69) is 51.6 Å². The fraction of sp³-hybridized carbons (Fsp3) is 0.188. The monoisotopic (exact) mass is 280 g/mol. The van der Waals surface area contributed by atoms with Crippen molar-refractivity contribution < 1.29 is 4.52 Å². The predicted molar refractivity (Wildman–Crippen MR) is 80.9 cm³/mol. The Bertz CT molecular complexity index is 692. The summed E-state index contributed by atoms with van der Waals surface area (Å²) >= 11 is 0. The van der Waals surface area contributed by atoms with Crippen molar-refractivity contribution in [1.82, 2.24) is 15.1 Å². The van der Waals surface area contributed by atoms with E-state index in [1.54, 1.807) is 6.20 Å². The van der Waals surface area contributed by atoms with Gasteiger partial charge in [-0.3, -0.25) is 4.98 Å². The van der Waals surface area contributed by atoms with Crippen LogP contribution in [0.2, 0.25) is 0 Å². The highest BCUT2D eigenvalue weighted by molar-refractivity contribution is 5.47. The Morgan fingerprint density at radius 2 is 1.95 bits per heavy atom. The summed E-state index contributed by atoms with van der Waals surface area (Å²) in [5, 5.41) is 7.27. The number of nitrogens with zero attached hydrogens (tertiary/aromatic N) is 3. The molecule has 2 aromatic heterocycles. The Kier molecular flexibility index (Phi) is 3.91. The van der Waals surface area contributed by atoms with Crippen molar-refractivity contribution in [3.63, 3.8) is 0 Å². The van der Waals surface area contributed by atoms with Gasteiger partial charge in [-0.25, -0.2) is 0 Å². The van der Waals surface area contributed by atoms with Gasteiger partial charge in [-0.2, -0.15) is 4.98 Å². The first-order valence-corrected chi connectivity index (χ1v) is 6.86. The van der Waals surface area contributed by atoms with E-state index in [1.165, 1.54) is 5.56 Å². The molecule has 0 radical (unpaired) electrons. The molecule has 1 N–H and O–H groups in total. The van der Waals surface area contributed by atoms with Crippen molar-refractivity contribution in [1.29, 1.82) is 0 Å². The van der Waals surface area contributed by atoms with Crippen molar-refractivity contribution in [2.45, 2.75) is 13.3 Å². The van der Waals surface area contributed by atoms with Gasteiger partial charge in [-0.1, -0.05) is 28.9 Å². The molecule has 0 atom stereocenters. The molecule has 0 amide bonds. The van der Waals surface area contributed by atoms with Gasteiger partial charge in [0.1, 0.15) is 5.69 Å². The molecule has 1 aromatic carbocycles. The lowest BCUT2D eigenvalue weighted by molar-refractivity contribution is 0.381. The summed E-state index contributed by atoms with van der Waals surface area (Å²) in [6.45, 7) is 2.81. The van der Waals surface area contributed by atoms with Crippen molar-refractivity contribution in [3.8, 4) is 11.5 Å². The van der Waals surface area contributed by atoms with Gasteiger partial charge in [0, 0.05) is 24.8 Å². The first-order valence-electron chi connectivity index (χ1n) is 6.86. The zero-order chi connectivity index (χ0) is 14.5. The Labute approximate surface area is 123 Å². The highest BCUT2D eigenvalue weighted by Crippen LogP contribution is 2.12. The molecule has 0 bridgehead atoms. The smallest absolute Gasteiger partial charge is 0.228 e. The Morgan fingerprint density at radius 3 is 2.71 bits per heavy atom. The van der Waals surface area contributed by atoms with Crippen LogP contribution in [0, 0.1) is 6.92 Å². The number of hydrogen-bond acceptors (Lipinski definition) is 5. The molecule has 106 valence electrons. The van der Waals surface area contributed by atoms with E-state index in [0.717, 1.165) is 17.9 Å². The summed E-state index contributed by atoms with van der Waals surface area (Å²) in [5.41, 5.74) is 3.06. The minimum Gasteiger partial charge on any atom is -0.385 e. The van der Waals surface area contributed by atoms with Crippen LogP contribution in [0.3, 0.4) is 0 Å². The lowest BCUT2D eigenvalue weighted by Gasteiger charge is -2.04. The summed E-state index contributed by atoms with van der Waals surface area (Å²) in [7, 11) is 0. The van der Waals surface area contributed by atoms with E-state index >= 15 is 0 Å². The van der Waals surface area contributed by atoms with Gasteiger partial charge in [0.25, 0.3) is 0 Å². The molecule has 21 heavy (non-hydrogen) atoms. The van der Waals surface area contributed by atoms with Crippen LogP contribution >= 0.6 is 0 Å². The van der Waals surface area contributed by atoms with Gasteiger partial charge in [-0.05, 0) is 31.2 Å². The molecule has 0 spiro atoms. The van der Waals surface area contributed by atoms with Gasteiger partial charge in [0.2, 0.25) is 11.7 Å². The Morgan fingerprint density at radius 1 is 1.10 bits per heavy atom. The zero-order valence-corrected chi connectivity index (χ0v) is 11.8. The van der Waals surface area contributed by atoms with E-state index in [1.807, 2.05) is 18.2 Å². The first kappa shape index (κ1) is 13.3. The molecule has 0 unspecified atom stereocenters. The van der Waals surface area contributed by atoms with E-state index in [9.17, 15) is 0 Å². The molecule has 0 saturated carbocycles. The Balaban J connectivity index is 1.57. The molecule has 2 heterocycles. The highest BCUT2D eigenvalue weighted by atomic mass is 16.5. The number of anilines is 1. The van der Waals surface area contributed by atoms with Gasteiger partial charge >= 0.3 is 0 Å². The molecular weight excluding hydrogens is 264 g/mol. The van der Waals surface area contributed by atoms with Crippen LogP contribution in [-0.4, -0.2) is 21.7 Å². The van der Waals surface area contributed by atoms with Crippen molar-refractivity contribution in [2.75, 3.05) is 11.9 Å². The molecule has 0 saturated heterocycles. The summed E-state index contributed by atoms with van der Waals surface area (Å²) in [6.07, 6.45) is 2.39. The van der Waals surface area contributed by atoms with Crippen molar-refractivity contribution in [2.24, 2.45) is 0 Å². The van der Waals surface area contributed by atoms with E-state index in [-0.39, 0.29) is 0 Å². The Hall–Kier alpha value is -2.69. The van der Waals surface area contributed by atoms with Gasteiger partial charge in [-0.15, -0.1) is 0 Å². The van der Waals surface area contributed by atoms with Crippen LogP contribution in [0.25, 0.3) is 11.5 Å². The van der Waals surface area contributed by atoms with Crippen molar-refractivity contribution in [3.05, 3.63) is 60.1 Å². The van der Waals surface area contributed by atoms with Crippen LogP contribution in [0.4, 0.5) is 5.69 Å². The molecule has 3 rings (SSSR count). The van der Waals surface area contributed by atoms with Crippen LogP contribution < -0.4 is 5.32 Å². The molecule has 0 aliphatic heterocycles. The topological polar surface area (TPSA) is 63.8 Å². The molecule has 0 aliphatic carbocycles. The minimum atomic E-state index is 0.529. The van der Waals surface area contributed by atoms with E-state index < -0.39 is 0 Å².